The Bertz CT molecular complexity index is 1120. The van der Waals surface area contributed by atoms with Gasteiger partial charge >= 0.3 is 0 Å². The van der Waals surface area contributed by atoms with Crippen LogP contribution in [0.3, 0.4) is 0 Å². The molecule has 2 amide bonds. The van der Waals surface area contributed by atoms with Gasteiger partial charge in [-0.3, -0.25) is 28.8 Å². The smallest absolute Gasteiger partial charge is 0.224 e. The third-order valence-corrected chi connectivity index (χ3v) is 5.58. The largest absolute Gasteiger partial charge is 0.326 e. The van der Waals surface area contributed by atoms with Crippen molar-refractivity contribution in [2.75, 3.05) is 5.32 Å². The Morgan fingerprint density at radius 1 is 0.703 bits per heavy atom. The molecule has 0 atom stereocenters. The molecule has 0 saturated carbocycles. The van der Waals surface area contributed by atoms with Gasteiger partial charge in [0.05, 0.1) is 0 Å². The number of benzene rings is 1. The molecule has 1 aromatic rings. The lowest BCUT2D eigenvalue weighted by atomic mass is 10.0. The van der Waals surface area contributed by atoms with E-state index in [0.29, 0.717) is 40.9 Å². The highest BCUT2D eigenvalue weighted by Crippen LogP contribution is 2.17. The fraction of sp³-hybridized carbons (Fsp3) is 0.379. The summed E-state index contributed by atoms with van der Waals surface area (Å²) in [7, 11) is 0. The number of amides is 2. The molecule has 0 unspecified atom stereocenters. The van der Waals surface area contributed by atoms with Crippen LogP contribution in [0.5, 0.6) is 0 Å². The van der Waals surface area contributed by atoms with Crippen molar-refractivity contribution in [1.82, 2.24) is 5.32 Å². The monoisotopic (exact) mass is 508 g/mol. The number of hydrogen-bond donors (Lipinski definition) is 2. The summed E-state index contributed by atoms with van der Waals surface area (Å²) < 4.78 is 0. The molecule has 0 spiro atoms. The zero-order chi connectivity index (χ0) is 28.1. The highest BCUT2D eigenvalue weighted by atomic mass is 16.2. The van der Waals surface area contributed by atoms with Gasteiger partial charge in [0.25, 0.3) is 0 Å². The fourth-order valence-electron chi connectivity index (χ4n) is 3.22. The van der Waals surface area contributed by atoms with E-state index in [2.05, 4.69) is 17.2 Å². The van der Waals surface area contributed by atoms with Crippen molar-refractivity contribution in [3.05, 3.63) is 64.9 Å². The van der Waals surface area contributed by atoms with Gasteiger partial charge in [-0.2, -0.15) is 0 Å². The van der Waals surface area contributed by atoms with Crippen LogP contribution in [0.15, 0.2) is 53.8 Å². The van der Waals surface area contributed by atoms with Crippen LogP contribution in [-0.4, -0.2) is 34.9 Å². The number of ketones is 4. The summed E-state index contributed by atoms with van der Waals surface area (Å²) >= 11 is 0. The fourth-order valence-corrected chi connectivity index (χ4v) is 3.22. The summed E-state index contributed by atoms with van der Waals surface area (Å²) in [5, 5.41) is 5.45. The van der Waals surface area contributed by atoms with Gasteiger partial charge in [-0.1, -0.05) is 19.4 Å². The van der Waals surface area contributed by atoms with E-state index in [1.54, 1.807) is 19.1 Å². The van der Waals surface area contributed by atoms with Gasteiger partial charge in [0, 0.05) is 40.9 Å². The molecule has 8 nitrogen and oxygen atoms in total. The zero-order valence-corrected chi connectivity index (χ0v) is 22.3. The summed E-state index contributed by atoms with van der Waals surface area (Å²) in [5.41, 5.74) is 2.10. The second kappa shape index (κ2) is 15.2. The molecular formula is C29H36N2O6. The van der Waals surface area contributed by atoms with Crippen molar-refractivity contribution in [2.24, 2.45) is 0 Å². The van der Waals surface area contributed by atoms with E-state index in [4.69, 9.17) is 0 Å². The van der Waals surface area contributed by atoms with Crippen molar-refractivity contribution in [3.8, 4) is 0 Å². The first-order valence-electron chi connectivity index (χ1n) is 12.2. The molecule has 8 heteroatoms. The Hall–Kier alpha value is -3.94. The Balaban J connectivity index is 2.52. The van der Waals surface area contributed by atoms with Gasteiger partial charge in [-0.15, -0.1) is 0 Å². The summed E-state index contributed by atoms with van der Waals surface area (Å²) in [6.45, 7) is 10.9. The molecule has 37 heavy (non-hydrogen) atoms. The van der Waals surface area contributed by atoms with Crippen LogP contribution in [0.2, 0.25) is 0 Å². The Morgan fingerprint density at radius 3 is 1.68 bits per heavy atom. The van der Waals surface area contributed by atoms with Crippen molar-refractivity contribution in [2.45, 2.75) is 73.1 Å². The molecule has 198 valence electrons. The van der Waals surface area contributed by atoms with Crippen molar-refractivity contribution >= 4 is 40.6 Å². The third-order valence-electron chi connectivity index (χ3n) is 5.58. The van der Waals surface area contributed by atoms with Crippen molar-refractivity contribution in [3.63, 3.8) is 0 Å². The third kappa shape index (κ3) is 12.0. The number of allylic oxidation sites excluding steroid dienone is 4. The predicted molar refractivity (Wildman–Crippen MR) is 143 cm³/mol. The Kier molecular flexibility index (Phi) is 12.8. The molecule has 0 radical (unpaired) electrons. The number of anilines is 1. The summed E-state index contributed by atoms with van der Waals surface area (Å²) in [6, 6.07) is 4.61. The van der Waals surface area contributed by atoms with E-state index in [-0.39, 0.29) is 53.4 Å². The van der Waals surface area contributed by atoms with Crippen LogP contribution in [0.4, 0.5) is 5.69 Å². The second-order valence-corrected chi connectivity index (χ2v) is 8.99. The highest BCUT2D eigenvalue weighted by molar-refractivity contribution is 6.02. The maximum atomic E-state index is 12.4. The number of carbonyl (C=O) groups excluding carboxylic acids is 6. The number of rotatable bonds is 15. The molecular weight excluding hydrogens is 472 g/mol. The standard InChI is InChI=1S/C29H36N2O6/c1-18(20(3)32)13-26(14-19(2)21(4)33)30-28(36)11-9-7-8-10-12-29(37)31-27-16-24(22(5)34)15-25(17-27)23(6)35/h13-17H,1,7-12H2,2-6H3,(H,30,36)(H,31,37)/b19-14+,26-13+. The molecule has 0 heterocycles. The average Bonchev–Trinajstić information content (AvgIpc) is 2.80. The minimum atomic E-state index is -0.250. The van der Waals surface area contributed by atoms with Gasteiger partial charge in [0.15, 0.2) is 23.1 Å². The van der Waals surface area contributed by atoms with E-state index < -0.39 is 0 Å². The number of nitrogens with one attached hydrogen (secondary N) is 2. The van der Waals surface area contributed by atoms with Gasteiger partial charge in [0.1, 0.15) is 0 Å². The maximum absolute atomic E-state index is 12.4. The number of Topliss-reactive ketones (excluding diaryl/α,β-unsaturated/α-hetero) is 4. The number of hydrogen-bond acceptors (Lipinski definition) is 6. The first kappa shape index (κ1) is 31.1. The predicted octanol–water partition coefficient (Wildman–Crippen LogP) is 5.05. The Labute approximate surface area is 218 Å². The molecule has 0 bridgehead atoms. The lowest BCUT2D eigenvalue weighted by molar-refractivity contribution is -0.120. The second-order valence-electron chi connectivity index (χ2n) is 8.99. The van der Waals surface area contributed by atoms with Crippen molar-refractivity contribution in [1.29, 1.82) is 0 Å². The van der Waals surface area contributed by atoms with Crippen LogP contribution in [0.25, 0.3) is 0 Å². The molecule has 1 aromatic carbocycles. The normalized spacial score (nSPS) is 11.5. The molecule has 0 aliphatic rings. The van der Waals surface area contributed by atoms with Gasteiger partial charge < -0.3 is 10.6 Å². The first-order valence-corrected chi connectivity index (χ1v) is 12.2. The minimum absolute atomic E-state index is 0.150. The van der Waals surface area contributed by atoms with Gasteiger partial charge in [-0.05, 0) is 83.4 Å². The number of carbonyl (C=O) groups is 6. The SMILES string of the molecule is C=C(/C=C(\C=C(/C)C(C)=O)NC(=O)CCCCCCC(=O)Nc1cc(C(C)=O)cc(C(C)=O)c1)C(C)=O. The van der Waals surface area contributed by atoms with Crippen LogP contribution >= 0.6 is 0 Å². The Morgan fingerprint density at radius 2 is 1.22 bits per heavy atom. The van der Waals surface area contributed by atoms with Crippen LogP contribution in [0.1, 0.15) is 93.9 Å². The molecule has 0 fully saturated rings. The summed E-state index contributed by atoms with van der Waals surface area (Å²) in [6.07, 6.45) is 6.15. The van der Waals surface area contributed by atoms with E-state index in [1.165, 1.54) is 45.9 Å². The van der Waals surface area contributed by atoms with Gasteiger partial charge in [-0.25, -0.2) is 0 Å². The van der Waals surface area contributed by atoms with Crippen LogP contribution < -0.4 is 10.6 Å². The lowest BCUT2D eigenvalue weighted by Gasteiger charge is -2.09. The van der Waals surface area contributed by atoms with E-state index in [1.807, 2.05) is 0 Å². The van der Waals surface area contributed by atoms with E-state index in [9.17, 15) is 28.8 Å². The lowest BCUT2D eigenvalue weighted by Crippen LogP contribution is -2.22. The van der Waals surface area contributed by atoms with E-state index >= 15 is 0 Å². The average molecular weight is 509 g/mol. The molecule has 0 aromatic heterocycles. The summed E-state index contributed by atoms with van der Waals surface area (Å²) in [5.74, 6) is -1.25. The molecule has 0 saturated heterocycles. The topological polar surface area (TPSA) is 126 Å². The summed E-state index contributed by atoms with van der Waals surface area (Å²) in [4.78, 5) is 71.1. The zero-order valence-electron chi connectivity index (χ0n) is 22.3. The van der Waals surface area contributed by atoms with Crippen LogP contribution in [-0.2, 0) is 19.2 Å². The van der Waals surface area contributed by atoms with Crippen molar-refractivity contribution < 1.29 is 28.8 Å². The van der Waals surface area contributed by atoms with Crippen LogP contribution in [0, 0.1) is 0 Å². The molecule has 0 aliphatic carbocycles. The quantitative estimate of drug-likeness (QED) is 0.148. The first-order chi connectivity index (χ1) is 17.3. The number of unbranched alkanes of at least 4 members (excludes halogenated alkanes) is 3. The molecule has 1 rings (SSSR count). The van der Waals surface area contributed by atoms with Gasteiger partial charge in [0.2, 0.25) is 11.8 Å². The highest BCUT2D eigenvalue weighted by Gasteiger charge is 2.11. The molecule has 2 N–H and O–H groups in total. The van der Waals surface area contributed by atoms with E-state index in [0.717, 1.165) is 12.8 Å². The molecule has 0 aliphatic heterocycles. The minimum Gasteiger partial charge on any atom is -0.326 e. The maximum Gasteiger partial charge on any atom is 0.224 e.